The minimum atomic E-state index is -3.81. The molecule has 1 heterocycles. The van der Waals surface area contributed by atoms with Gasteiger partial charge >= 0.3 is 0 Å². The highest BCUT2D eigenvalue weighted by Crippen LogP contribution is 2.42. The van der Waals surface area contributed by atoms with Gasteiger partial charge in [-0.15, -0.1) is 0 Å². The molecule has 1 aromatic heterocycles. The topological polar surface area (TPSA) is 76.1 Å². The molecule has 8 heteroatoms. The van der Waals surface area contributed by atoms with Crippen LogP contribution in [-0.2, 0) is 13.8 Å². The molecule has 1 N–H and O–H groups in total. The van der Waals surface area contributed by atoms with Gasteiger partial charge in [0, 0.05) is 16.1 Å². The van der Waals surface area contributed by atoms with Gasteiger partial charge in [0.25, 0.3) is 9.05 Å². The van der Waals surface area contributed by atoms with Crippen LogP contribution in [0.25, 0.3) is 0 Å². The van der Waals surface area contributed by atoms with E-state index in [2.05, 4.69) is 10.3 Å². The summed E-state index contributed by atoms with van der Waals surface area (Å²) >= 11 is 0.900. The average molecular weight is 337 g/mol. The first-order valence-electron chi connectivity index (χ1n) is 6.52. The molecule has 112 valence electrons. The van der Waals surface area contributed by atoms with Gasteiger partial charge in [0.2, 0.25) is 5.91 Å². The minimum absolute atomic E-state index is 0.00793. The molecule has 0 unspecified atom stereocenters. The molecule has 0 bridgehead atoms. The Morgan fingerprint density at radius 1 is 1.45 bits per heavy atom. The van der Waals surface area contributed by atoms with Crippen LogP contribution in [-0.4, -0.2) is 19.3 Å². The number of halogens is 1. The molecule has 1 saturated carbocycles. The van der Waals surface area contributed by atoms with Crippen molar-refractivity contribution in [3.8, 4) is 0 Å². The van der Waals surface area contributed by atoms with Gasteiger partial charge in [-0.3, -0.25) is 4.79 Å². The Morgan fingerprint density at radius 3 is 2.50 bits per heavy atom. The molecule has 2 rings (SSSR count). The number of hydrogen-bond donors (Lipinski definition) is 1. The van der Waals surface area contributed by atoms with E-state index in [0.717, 1.165) is 43.4 Å². The normalized spacial score (nSPS) is 18.1. The third-order valence-corrected chi connectivity index (χ3v) is 7.17. The molecule has 1 aliphatic rings. The number of thiazole rings is 1. The monoisotopic (exact) mass is 336 g/mol. The summed E-state index contributed by atoms with van der Waals surface area (Å²) in [7, 11) is 1.51. The lowest BCUT2D eigenvalue weighted by Gasteiger charge is -2.25. The van der Waals surface area contributed by atoms with Crippen LogP contribution in [0.5, 0.6) is 0 Å². The van der Waals surface area contributed by atoms with Gasteiger partial charge in [0.05, 0.1) is 5.69 Å². The molecule has 0 saturated heterocycles. The second-order valence-electron chi connectivity index (χ2n) is 5.12. The lowest BCUT2D eigenvalue weighted by atomic mass is 9.82. The Kier molecular flexibility index (Phi) is 4.41. The predicted molar refractivity (Wildman–Crippen MR) is 79.7 cm³/mol. The van der Waals surface area contributed by atoms with E-state index < -0.39 is 9.05 Å². The first-order chi connectivity index (χ1) is 9.28. The van der Waals surface area contributed by atoms with Crippen molar-refractivity contribution in [3.63, 3.8) is 0 Å². The summed E-state index contributed by atoms with van der Waals surface area (Å²) < 4.78 is 22.7. The molecule has 0 spiro atoms. The van der Waals surface area contributed by atoms with Gasteiger partial charge in [-0.2, -0.15) is 0 Å². The third kappa shape index (κ3) is 2.99. The number of anilines is 1. The number of amides is 1. The molecule has 20 heavy (non-hydrogen) atoms. The fourth-order valence-corrected chi connectivity index (χ4v) is 5.03. The minimum Gasteiger partial charge on any atom is -0.301 e. The standard InChI is InChI=1S/C12H17ClN2O3S2/c1-3-12(6-4-5-7-12)10(16)15-11-14-8(2)9(19-11)20(13,17)18/h3-7H2,1-2H3,(H,14,15,16). The second kappa shape index (κ2) is 5.61. The molecule has 0 aromatic carbocycles. The molecular weight excluding hydrogens is 320 g/mol. The summed E-state index contributed by atoms with van der Waals surface area (Å²) in [6, 6.07) is 0. The summed E-state index contributed by atoms with van der Waals surface area (Å²) in [5, 5.41) is 3.05. The maximum atomic E-state index is 12.4. The van der Waals surface area contributed by atoms with Crippen molar-refractivity contribution in [2.75, 3.05) is 5.32 Å². The Morgan fingerprint density at radius 2 is 2.05 bits per heavy atom. The third-order valence-electron chi connectivity index (χ3n) is 3.92. The molecule has 1 aliphatic carbocycles. The molecule has 0 aliphatic heterocycles. The summed E-state index contributed by atoms with van der Waals surface area (Å²) in [5.41, 5.74) is -0.0168. The molecular formula is C12H17ClN2O3S2. The number of carbonyl (C=O) groups excluding carboxylic acids is 1. The summed E-state index contributed by atoms with van der Waals surface area (Å²) in [4.78, 5) is 16.5. The van der Waals surface area contributed by atoms with Crippen molar-refractivity contribution in [1.29, 1.82) is 0 Å². The van der Waals surface area contributed by atoms with Crippen LogP contribution in [0.4, 0.5) is 5.13 Å². The highest BCUT2D eigenvalue weighted by Gasteiger charge is 2.39. The maximum absolute atomic E-state index is 12.4. The number of nitrogens with zero attached hydrogens (tertiary/aromatic N) is 1. The zero-order valence-electron chi connectivity index (χ0n) is 11.4. The number of hydrogen-bond acceptors (Lipinski definition) is 5. The van der Waals surface area contributed by atoms with E-state index in [-0.39, 0.29) is 15.5 Å². The van der Waals surface area contributed by atoms with Gasteiger partial charge in [-0.1, -0.05) is 31.1 Å². The number of nitrogens with one attached hydrogen (secondary N) is 1. The number of carbonyl (C=O) groups is 1. The van der Waals surface area contributed by atoms with E-state index in [1.54, 1.807) is 6.92 Å². The van der Waals surface area contributed by atoms with E-state index in [1.165, 1.54) is 0 Å². The van der Waals surface area contributed by atoms with E-state index in [1.807, 2.05) is 6.92 Å². The van der Waals surface area contributed by atoms with Crippen molar-refractivity contribution in [3.05, 3.63) is 5.69 Å². The van der Waals surface area contributed by atoms with Crippen LogP contribution >= 0.6 is 22.0 Å². The molecule has 0 radical (unpaired) electrons. The van der Waals surface area contributed by atoms with Crippen molar-refractivity contribution < 1.29 is 13.2 Å². The van der Waals surface area contributed by atoms with Crippen molar-refractivity contribution >= 4 is 42.1 Å². The summed E-state index contributed by atoms with van der Waals surface area (Å²) in [6.45, 7) is 3.57. The van der Waals surface area contributed by atoms with E-state index in [9.17, 15) is 13.2 Å². The zero-order chi connectivity index (χ0) is 15.0. The van der Waals surface area contributed by atoms with E-state index in [4.69, 9.17) is 10.7 Å². The first kappa shape index (κ1) is 15.7. The predicted octanol–water partition coefficient (Wildman–Crippen LogP) is 3.29. The van der Waals surface area contributed by atoms with Gasteiger partial charge < -0.3 is 5.32 Å². The van der Waals surface area contributed by atoms with Gasteiger partial charge in [0.1, 0.15) is 0 Å². The summed E-state index contributed by atoms with van der Waals surface area (Å²) in [6.07, 6.45) is 4.64. The maximum Gasteiger partial charge on any atom is 0.272 e. The Balaban J connectivity index is 2.21. The van der Waals surface area contributed by atoms with Gasteiger partial charge in [-0.05, 0) is 26.2 Å². The smallest absolute Gasteiger partial charge is 0.272 e. The molecule has 1 fully saturated rings. The van der Waals surface area contributed by atoms with Crippen LogP contribution in [0.1, 0.15) is 44.7 Å². The highest BCUT2D eigenvalue weighted by atomic mass is 35.7. The van der Waals surface area contributed by atoms with Crippen molar-refractivity contribution in [2.45, 2.75) is 50.2 Å². The Labute approximate surface area is 127 Å². The van der Waals surface area contributed by atoms with E-state index >= 15 is 0 Å². The summed E-state index contributed by atoms with van der Waals surface area (Å²) in [5.74, 6) is -0.0650. The number of aryl methyl sites for hydroxylation is 1. The SMILES string of the molecule is CCC1(C(=O)Nc2nc(C)c(S(=O)(=O)Cl)s2)CCCC1. The number of aromatic nitrogens is 1. The molecule has 1 aromatic rings. The number of rotatable bonds is 4. The first-order valence-corrected chi connectivity index (χ1v) is 9.64. The van der Waals surface area contributed by atoms with Crippen molar-refractivity contribution in [1.82, 2.24) is 4.98 Å². The fourth-order valence-electron chi connectivity index (χ4n) is 2.68. The van der Waals surface area contributed by atoms with Crippen LogP contribution < -0.4 is 5.32 Å². The molecule has 0 atom stereocenters. The second-order valence-corrected chi connectivity index (χ2v) is 8.89. The van der Waals surface area contributed by atoms with Crippen LogP contribution in [0.15, 0.2) is 4.21 Å². The van der Waals surface area contributed by atoms with Gasteiger partial charge in [-0.25, -0.2) is 13.4 Å². The lowest BCUT2D eigenvalue weighted by Crippen LogP contribution is -2.33. The van der Waals surface area contributed by atoms with E-state index in [0.29, 0.717) is 10.8 Å². The quantitative estimate of drug-likeness (QED) is 0.856. The Hall–Kier alpha value is -0.660. The fraction of sp³-hybridized carbons (Fsp3) is 0.667. The molecule has 1 amide bonds. The van der Waals surface area contributed by atoms with Crippen LogP contribution in [0.2, 0.25) is 0 Å². The van der Waals surface area contributed by atoms with Crippen molar-refractivity contribution in [2.24, 2.45) is 5.41 Å². The van der Waals surface area contributed by atoms with Crippen LogP contribution in [0, 0.1) is 12.3 Å². The van der Waals surface area contributed by atoms with Gasteiger partial charge in [0.15, 0.2) is 9.34 Å². The largest absolute Gasteiger partial charge is 0.301 e. The van der Waals surface area contributed by atoms with Crippen LogP contribution in [0.3, 0.4) is 0 Å². The Bertz CT molecular complexity index is 619. The zero-order valence-corrected chi connectivity index (χ0v) is 13.8. The lowest BCUT2D eigenvalue weighted by molar-refractivity contribution is -0.125. The average Bonchev–Trinajstić information content (AvgIpc) is 2.95. The molecule has 5 nitrogen and oxygen atoms in total. The highest BCUT2D eigenvalue weighted by molar-refractivity contribution is 8.15.